The van der Waals surface area contributed by atoms with Gasteiger partial charge in [-0.25, -0.2) is 0 Å². The van der Waals surface area contributed by atoms with Crippen LogP contribution in [0.5, 0.6) is 0 Å². The van der Waals surface area contributed by atoms with Crippen molar-refractivity contribution in [2.45, 2.75) is 39.2 Å². The molecule has 1 amide bonds. The Labute approximate surface area is 134 Å². The topological polar surface area (TPSA) is 32.3 Å². The minimum Gasteiger partial charge on any atom is -0.338 e. The molecular formula is C17H27ClN2O. The van der Waals surface area contributed by atoms with Gasteiger partial charge in [0, 0.05) is 19.5 Å². The highest BCUT2D eigenvalue weighted by atomic mass is 35.5. The van der Waals surface area contributed by atoms with Crippen LogP contribution in [-0.4, -0.2) is 30.4 Å². The van der Waals surface area contributed by atoms with E-state index >= 15 is 0 Å². The predicted molar refractivity (Wildman–Crippen MR) is 89.6 cm³/mol. The second-order valence-corrected chi connectivity index (χ2v) is 5.70. The van der Waals surface area contributed by atoms with E-state index in [1.165, 1.54) is 12.0 Å². The fraction of sp³-hybridized carbons (Fsp3) is 0.588. The first-order chi connectivity index (χ1) is 9.79. The fourth-order valence-corrected chi connectivity index (χ4v) is 2.81. The highest BCUT2D eigenvalue weighted by molar-refractivity contribution is 5.85. The van der Waals surface area contributed by atoms with Gasteiger partial charge in [0.05, 0.1) is 0 Å². The summed E-state index contributed by atoms with van der Waals surface area (Å²) >= 11 is 0. The average molecular weight is 311 g/mol. The Kier molecular flexibility index (Phi) is 8.40. The lowest BCUT2D eigenvalue weighted by Gasteiger charge is -2.23. The number of benzene rings is 1. The molecule has 21 heavy (non-hydrogen) atoms. The molecule has 1 heterocycles. The van der Waals surface area contributed by atoms with E-state index in [0.717, 1.165) is 39.0 Å². The summed E-state index contributed by atoms with van der Waals surface area (Å²) in [5, 5.41) is 3.37. The largest absolute Gasteiger partial charge is 0.338 e. The lowest BCUT2D eigenvalue weighted by Crippen LogP contribution is -2.31. The lowest BCUT2D eigenvalue weighted by molar-refractivity contribution is -0.132. The Morgan fingerprint density at radius 1 is 1.33 bits per heavy atom. The molecule has 1 fully saturated rings. The fourth-order valence-electron chi connectivity index (χ4n) is 2.81. The van der Waals surface area contributed by atoms with E-state index in [-0.39, 0.29) is 12.4 Å². The highest BCUT2D eigenvalue weighted by Gasteiger charge is 2.18. The number of carbonyl (C=O) groups excluding carboxylic acids is 1. The van der Waals surface area contributed by atoms with E-state index in [2.05, 4.69) is 24.4 Å². The molecule has 1 unspecified atom stereocenters. The quantitative estimate of drug-likeness (QED) is 0.838. The van der Waals surface area contributed by atoms with Crippen LogP contribution in [-0.2, 0) is 11.3 Å². The maximum atomic E-state index is 12.4. The summed E-state index contributed by atoms with van der Waals surface area (Å²) in [4.78, 5) is 14.4. The molecule has 0 spiro atoms. The Morgan fingerprint density at radius 3 is 2.71 bits per heavy atom. The van der Waals surface area contributed by atoms with Crippen LogP contribution in [0.25, 0.3) is 0 Å². The summed E-state index contributed by atoms with van der Waals surface area (Å²) in [6, 6.07) is 10.3. The number of amides is 1. The monoisotopic (exact) mass is 310 g/mol. The normalized spacial score (nSPS) is 17.3. The Hall–Kier alpha value is -1.06. The molecular weight excluding hydrogens is 284 g/mol. The van der Waals surface area contributed by atoms with Crippen molar-refractivity contribution in [1.82, 2.24) is 10.2 Å². The van der Waals surface area contributed by atoms with Crippen molar-refractivity contribution in [3.05, 3.63) is 35.9 Å². The van der Waals surface area contributed by atoms with Crippen LogP contribution in [0.2, 0.25) is 0 Å². The lowest BCUT2D eigenvalue weighted by atomic mass is 10.0. The van der Waals surface area contributed by atoms with Crippen molar-refractivity contribution >= 4 is 18.3 Å². The summed E-state index contributed by atoms with van der Waals surface area (Å²) < 4.78 is 0. The Morgan fingerprint density at radius 2 is 2.10 bits per heavy atom. The highest BCUT2D eigenvalue weighted by Crippen LogP contribution is 2.16. The molecule has 1 saturated heterocycles. The van der Waals surface area contributed by atoms with Crippen LogP contribution < -0.4 is 5.32 Å². The van der Waals surface area contributed by atoms with Crippen molar-refractivity contribution in [1.29, 1.82) is 0 Å². The van der Waals surface area contributed by atoms with Crippen molar-refractivity contribution in [3.63, 3.8) is 0 Å². The molecule has 1 aromatic rings. The van der Waals surface area contributed by atoms with Crippen molar-refractivity contribution in [2.75, 3.05) is 19.6 Å². The molecule has 0 saturated carbocycles. The third kappa shape index (κ3) is 6.06. The Balaban J connectivity index is 0.00000220. The zero-order chi connectivity index (χ0) is 14.2. The third-order valence-electron chi connectivity index (χ3n) is 3.99. The van der Waals surface area contributed by atoms with Gasteiger partial charge in [-0.05, 0) is 43.8 Å². The molecule has 1 atom stereocenters. The van der Waals surface area contributed by atoms with Gasteiger partial charge in [0.1, 0.15) is 0 Å². The first kappa shape index (κ1) is 18.0. The molecule has 1 N–H and O–H groups in total. The summed E-state index contributed by atoms with van der Waals surface area (Å²) in [5.74, 6) is 1.00. The minimum absolute atomic E-state index is 0. The zero-order valence-corrected chi connectivity index (χ0v) is 13.7. The standard InChI is InChI=1S/C17H26N2O.ClH/c1-2-12-19(14-16-6-4-3-5-7-16)17(20)9-8-15-10-11-18-13-15;/h3-7,15,18H,2,8-14H2,1H3;1H. The number of carbonyl (C=O) groups is 1. The van der Waals surface area contributed by atoms with Gasteiger partial charge in [0.2, 0.25) is 5.91 Å². The number of nitrogens with zero attached hydrogens (tertiary/aromatic N) is 1. The minimum atomic E-state index is 0. The second-order valence-electron chi connectivity index (χ2n) is 5.70. The molecule has 0 aliphatic carbocycles. The SMILES string of the molecule is CCCN(Cc1ccccc1)C(=O)CCC1CCNC1.Cl. The van der Waals surface area contributed by atoms with Gasteiger partial charge < -0.3 is 10.2 Å². The summed E-state index contributed by atoms with van der Waals surface area (Å²) in [6.07, 6.45) is 3.96. The van der Waals surface area contributed by atoms with Crippen LogP contribution >= 0.6 is 12.4 Å². The van der Waals surface area contributed by atoms with Gasteiger partial charge >= 0.3 is 0 Å². The first-order valence-electron chi connectivity index (χ1n) is 7.82. The molecule has 118 valence electrons. The van der Waals surface area contributed by atoms with Crippen molar-refractivity contribution in [2.24, 2.45) is 5.92 Å². The number of hydrogen-bond donors (Lipinski definition) is 1. The summed E-state index contributed by atoms with van der Waals surface area (Å²) in [5.41, 5.74) is 1.22. The van der Waals surface area contributed by atoms with E-state index in [0.29, 0.717) is 18.2 Å². The van der Waals surface area contributed by atoms with Crippen LogP contribution in [0.15, 0.2) is 30.3 Å². The molecule has 3 nitrogen and oxygen atoms in total. The van der Waals surface area contributed by atoms with Crippen LogP contribution in [0.3, 0.4) is 0 Å². The van der Waals surface area contributed by atoms with Crippen molar-refractivity contribution in [3.8, 4) is 0 Å². The van der Waals surface area contributed by atoms with Crippen LogP contribution in [0, 0.1) is 5.92 Å². The number of nitrogens with one attached hydrogen (secondary N) is 1. The molecule has 4 heteroatoms. The molecule has 0 radical (unpaired) electrons. The van der Waals surface area contributed by atoms with Gasteiger partial charge in [-0.1, -0.05) is 37.3 Å². The van der Waals surface area contributed by atoms with Crippen LogP contribution in [0.4, 0.5) is 0 Å². The maximum absolute atomic E-state index is 12.4. The third-order valence-corrected chi connectivity index (χ3v) is 3.99. The zero-order valence-electron chi connectivity index (χ0n) is 12.9. The summed E-state index contributed by atoms with van der Waals surface area (Å²) in [6.45, 7) is 5.93. The molecule has 2 rings (SSSR count). The van der Waals surface area contributed by atoms with Gasteiger partial charge in [-0.15, -0.1) is 12.4 Å². The van der Waals surface area contributed by atoms with Gasteiger partial charge in [-0.2, -0.15) is 0 Å². The average Bonchev–Trinajstić information content (AvgIpc) is 2.99. The van der Waals surface area contributed by atoms with Gasteiger partial charge in [-0.3, -0.25) is 4.79 Å². The van der Waals surface area contributed by atoms with E-state index in [4.69, 9.17) is 0 Å². The van der Waals surface area contributed by atoms with Crippen molar-refractivity contribution < 1.29 is 4.79 Å². The van der Waals surface area contributed by atoms with Gasteiger partial charge in [0.15, 0.2) is 0 Å². The molecule has 0 bridgehead atoms. The Bertz CT molecular complexity index is 405. The second kappa shape index (κ2) is 9.80. The van der Waals surface area contributed by atoms with E-state index in [1.54, 1.807) is 0 Å². The van der Waals surface area contributed by atoms with E-state index in [9.17, 15) is 4.79 Å². The maximum Gasteiger partial charge on any atom is 0.222 e. The number of hydrogen-bond acceptors (Lipinski definition) is 2. The molecule has 0 aromatic heterocycles. The first-order valence-corrected chi connectivity index (χ1v) is 7.82. The molecule has 1 aliphatic rings. The number of halogens is 1. The smallest absolute Gasteiger partial charge is 0.222 e. The van der Waals surface area contributed by atoms with Crippen LogP contribution in [0.1, 0.15) is 38.2 Å². The van der Waals surface area contributed by atoms with Gasteiger partial charge in [0.25, 0.3) is 0 Å². The number of rotatable bonds is 7. The molecule has 1 aromatic carbocycles. The predicted octanol–water partition coefficient (Wildman–Crippen LogP) is 3.24. The van der Waals surface area contributed by atoms with E-state index < -0.39 is 0 Å². The molecule has 1 aliphatic heterocycles. The van der Waals surface area contributed by atoms with E-state index in [1.807, 2.05) is 23.1 Å². The summed E-state index contributed by atoms with van der Waals surface area (Å²) in [7, 11) is 0.